The average molecular weight is 344 g/mol. The Balaban J connectivity index is 0.00000484. The molecule has 0 saturated carbocycles. The Morgan fingerprint density at radius 1 is 0.870 bits per heavy atom. The van der Waals surface area contributed by atoms with Crippen molar-refractivity contribution >= 4 is 30.0 Å². The van der Waals surface area contributed by atoms with Crippen LogP contribution in [0.4, 0.5) is 5.69 Å². The van der Waals surface area contributed by atoms with Crippen LogP contribution in [0.3, 0.4) is 0 Å². The van der Waals surface area contributed by atoms with E-state index in [9.17, 15) is 9.59 Å². The van der Waals surface area contributed by atoms with E-state index in [0.29, 0.717) is 11.3 Å². The molecule has 0 fully saturated rings. The Morgan fingerprint density at radius 2 is 1.22 bits per heavy atom. The number of hydrogen-bond donors (Lipinski definition) is 1. The third-order valence-electron chi connectivity index (χ3n) is 2.55. The van der Waals surface area contributed by atoms with Gasteiger partial charge in [0, 0.05) is 5.69 Å². The summed E-state index contributed by atoms with van der Waals surface area (Å²) in [6.45, 7) is 10.5. The lowest BCUT2D eigenvalue weighted by Crippen LogP contribution is -2.35. The molecule has 0 radical (unpaired) electrons. The lowest BCUT2D eigenvalue weighted by atomic mass is 9.98. The number of nitrogen functional groups attached to an aromatic ring is 1. The van der Waals surface area contributed by atoms with Gasteiger partial charge in [0.15, 0.2) is 5.92 Å². The Bertz CT molecular complexity index is 513. The first-order valence-electron chi connectivity index (χ1n) is 7.20. The molecule has 1 aromatic carbocycles. The molecule has 1 rings (SSSR count). The predicted molar refractivity (Wildman–Crippen MR) is 92.5 cm³/mol. The summed E-state index contributed by atoms with van der Waals surface area (Å²) in [5.41, 5.74) is 5.32. The Hall–Kier alpha value is -1.75. The van der Waals surface area contributed by atoms with Gasteiger partial charge in [0.1, 0.15) is 11.2 Å². The fraction of sp³-hybridized carbons (Fsp3) is 0.529. The van der Waals surface area contributed by atoms with Crippen molar-refractivity contribution in [3.8, 4) is 0 Å². The van der Waals surface area contributed by atoms with Crippen molar-refractivity contribution in [2.24, 2.45) is 0 Å². The van der Waals surface area contributed by atoms with Crippen LogP contribution in [0.25, 0.3) is 0 Å². The number of carbonyl (C=O) groups is 2. The van der Waals surface area contributed by atoms with Crippen molar-refractivity contribution in [3.05, 3.63) is 29.8 Å². The van der Waals surface area contributed by atoms with E-state index in [2.05, 4.69) is 0 Å². The van der Waals surface area contributed by atoms with Crippen LogP contribution < -0.4 is 5.73 Å². The number of ether oxygens (including phenoxy) is 2. The molecular weight excluding hydrogens is 318 g/mol. The van der Waals surface area contributed by atoms with E-state index in [-0.39, 0.29) is 12.4 Å². The number of carbonyl (C=O) groups excluding carboxylic acids is 2. The van der Waals surface area contributed by atoms with Crippen LogP contribution in [-0.2, 0) is 19.1 Å². The van der Waals surface area contributed by atoms with E-state index < -0.39 is 29.1 Å². The smallest absolute Gasteiger partial charge is 0.325 e. The minimum atomic E-state index is -1.13. The van der Waals surface area contributed by atoms with Crippen molar-refractivity contribution in [3.63, 3.8) is 0 Å². The van der Waals surface area contributed by atoms with Gasteiger partial charge < -0.3 is 15.2 Å². The fourth-order valence-corrected chi connectivity index (χ4v) is 1.78. The highest BCUT2D eigenvalue weighted by atomic mass is 35.5. The highest BCUT2D eigenvalue weighted by Crippen LogP contribution is 2.25. The lowest BCUT2D eigenvalue weighted by Gasteiger charge is -2.26. The maximum atomic E-state index is 12.4. The molecule has 2 N–H and O–H groups in total. The molecule has 0 saturated heterocycles. The van der Waals surface area contributed by atoms with Crippen molar-refractivity contribution < 1.29 is 19.1 Å². The molecule has 1 aromatic rings. The normalized spacial score (nSPS) is 11.6. The molecule has 0 bridgehead atoms. The zero-order valence-corrected chi connectivity index (χ0v) is 15.3. The molecule has 0 spiro atoms. The predicted octanol–water partition coefficient (Wildman–Crippen LogP) is 3.46. The van der Waals surface area contributed by atoms with E-state index >= 15 is 0 Å². The minimum Gasteiger partial charge on any atom is -0.459 e. The summed E-state index contributed by atoms with van der Waals surface area (Å²) in [5.74, 6) is -2.39. The number of halogens is 1. The third-order valence-corrected chi connectivity index (χ3v) is 2.55. The van der Waals surface area contributed by atoms with E-state index in [0.717, 1.165) is 0 Å². The molecular formula is C17H26ClNO4. The number of nitrogens with two attached hydrogens (primary N) is 1. The molecule has 23 heavy (non-hydrogen) atoms. The van der Waals surface area contributed by atoms with Gasteiger partial charge in [0.25, 0.3) is 0 Å². The minimum absolute atomic E-state index is 0. The molecule has 0 unspecified atom stereocenters. The molecule has 0 aromatic heterocycles. The van der Waals surface area contributed by atoms with E-state index in [4.69, 9.17) is 15.2 Å². The maximum absolute atomic E-state index is 12.4. The second-order valence-electron chi connectivity index (χ2n) is 7.17. The number of benzene rings is 1. The van der Waals surface area contributed by atoms with Crippen molar-refractivity contribution in [2.75, 3.05) is 5.73 Å². The largest absolute Gasteiger partial charge is 0.459 e. The van der Waals surface area contributed by atoms with Crippen LogP contribution in [0.2, 0.25) is 0 Å². The summed E-state index contributed by atoms with van der Waals surface area (Å²) in [7, 11) is 0. The number of anilines is 1. The summed E-state index contributed by atoms with van der Waals surface area (Å²) in [5, 5.41) is 0. The van der Waals surface area contributed by atoms with Gasteiger partial charge in [-0.1, -0.05) is 12.1 Å². The first-order valence-corrected chi connectivity index (χ1v) is 7.20. The van der Waals surface area contributed by atoms with E-state index in [1.165, 1.54) is 0 Å². The van der Waals surface area contributed by atoms with Gasteiger partial charge in [-0.3, -0.25) is 9.59 Å². The Labute approximate surface area is 143 Å². The van der Waals surface area contributed by atoms with Gasteiger partial charge in [0.2, 0.25) is 0 Å². The second-order valence-corrected chi connectivity index (χ2v) is 7.17. The maximum Gasteiger partial charge on any atom is 0.325 e. The standard InChI is InChI=1S/C17H25NO4.ClH/c1-16(2,3)21-14(19)13(15(20)22-17(4,5)6)11-7-9-12(18)10-8-11;/h7-10,13H,18H2,1-6H3;1H. The summed E-state index contributed by atoms with van der Waals surface area (Å²) >= 11 is 0. The highest BCUT2D eigenvalue weighted by molar-refractivity contribution is 6.01. The summed E-state index contributed by atoms with van der Waals surface area (Å²) in [4.78, 5) is 24.8. The fourth-order valence-electron chi connectivity index (χ4n) is 1.78. The van der Waals surface area contributed by atoms with Crippen LogP contribution in [0.15, 0.2) is 24.3 Å². The molecule has 0 atom stereocenters. The van der Waals surface area contributed by atoms with Crippen LogP contribution in [0, 0.1) is 0 Å². The summed E-state index contributed by atoms with van der Waals surface area (Å²) < 4.78 is 10.7. The molecule has 0 amide bonds. The first kappa shape index (κ1) is 21.2. The SMILES string of the molecule is CC(C)(C)OC(=O)C(C(=O)OC(C)(C)C)c1ccc(N)cc1.Cl. The van der Waals surface area contributed by atoms with E-state index in [1.807, 2.05) is 0 Å². The summed E-state index contributed by atoms with van der Waals surface area (Å²) in [6, 6.07) is 6.54. The molecule has 6 heteroatoms. The topological polar surface area (TPSA) is 78.6 Å². The van der Waals surface area contributed by atoms with Gasteiger partial charge in [-0.15, -0.1) is 12.4 Å². The second kappa shape index (κ2) is 7.68. The quantitative estimate of drug-likeness (QED) is 0.516. The zero-order valence-electron chi connectivity index (χ0n) is 14.5. The van der Waals surface area contributed by atoms with Crippen LogP contribution in [-0.4, -0.2) is 23.1 Å². The third kappa shape index (κ3) is 7.37. The van der Waals surface area contributed by atoms with Gasteiger partial charge in [-0.25, -0.2) is 0 Å². The van der Waals surface area contributed by atoms with Crippen molar-refractivity contribution in [1.29, 1.82) is 0 Å². The van der Waals surface area contributed by atoms with Crippen LogP contribution in [0.5, 0.6) is 0 Å². The monoisotopic (exact) mass is 343 g/mol. The van der Waals surface area contributed by atoms with E-state index in [1.54, 1.807) is 65.8 Å². The average Bonchev–Trinajstić information content (AvgIpc) is 2.27. The van der Waals surface area contributed by atoms with Gasteiger partial charge in [-0.05, 0) is 59.2 Å². The molecule has 0 aliphatic heterocycles. The number of rotatable bonds is 3. The summed E-state index contributed by atoms with van der Waals surface area (Å²) in [6.07, 6.45) is 0. The van der Waals surface area contributed by atoms with Crippen LogP contribution in [0.1, 0.15) is 53.0 Å². The molecule has 5 nitrogen and oxygen atoms in total. The Kier molecular flexibility index (Phi) is 7.10. The zero-order chi connectivity index (χ0) is 17.1. The Morgan fingerprint density at radius 3 is 1.52 bits per heavy atom. The van der Waals surface area contributed by atoms with Crippen molar-refractivity contribution in [2.45, 2.75) is 58.7 Å². The van der Waals surface area contributed by atoms with Gasteiger partial charge >= 0.3 is 11.9 Å². The molecule has 0 heterocycles. The number of hydrogen-bond acceptors (Lipinski definition) is 5. The van der Waals surface area contributed by atoms with Gasteiger partial charge in [-0.2, -0.15) is 0 Å². The van der Waals surface area contributed by atoms with Crippen LogP contribution >= 0.6 is 12.4 Å². The number of esters is 2. The molecule has 0 aliphatic rings. The molecule has 130 valence electrons. The lowest BCUT2D eigenvalue weighted by molar-refractivity contribution is -0.169. The van der Waals surface area contributed by atoms with Crippen molar-refractivity contribution in [1.82, 2.24) is 0 Å². The first-order chi connectivity index (χ1) is 9.89. The highest BCUT2D eigenvalue weighted by Gasteiger charge is 2.36. The van der Waals surface area contributed by atoms with Gasteiger partial charge in [0.05, 0.1) is 0 Å². The molecule has 0 aliphatic carbocycles.